The molecule has 1 aliphatic heterocycles. The molecule has 3 amide bonds. The van der Waals surface area contributed by atoms with Crippen LogP contribution in [0.2, 0.25) is 0 Å². The Morgan fingerprint density at radius 2 is 1.69 bits per heavy atom. The van der Waals surface area contributed by atoms with E-state index in [0.717, 1.165) is 4.90 Å². The lowest BCUT2D eigenvalue weighted by Crippen LogP contribution is -2.31. The van der Waals surface area contributed by atoms with Crippen LogP contribution in [0.15, 0.2) is 42.5 Å². The summed E-state index contributed by atoms with van der Waals surface area (Å²) < 4.78 is 10.5. The van der Waals surface area contributed by atoms with Crippen molar-refractivity contribution in [1.82, 2.24) is 4.90 Å². The highest BCUT2D eigenvalue weighted by Gasteiger charge is 2.35. The third-order valence-electron chi connectivity index (χ3n) is 4.47. The lowest BCUT2D eigenvalue weighted by molar-refractivity contribution is -0.125. The van der Waals surface area contributed by atoms with E-state index in [1.54, 1.807) is 43.3 Å². The minimum atomic E-state index is -1.11. The highest BCUT2D eigenvalue weighted by molar-refractivity contribution is 6.21. The summed E-state index contributed by atoms with van der Waals surface area (Å²) in [5, 5.41) is 0. The summed E-state index contributed by atoms with van der Waals surface area (Å²) in [6, 6.07) is 11.3. The smallest absolute Gasteiger partial charge is 0.342 e. The Bertz CT molecular complexity index is 965. The summed E-state index contributed by atoms with van der Waals surface area (Å²) in [7, 11) is 0. The standard InChI is InChI=1S/C21H20N2O6/c1-3-28-17-9-8-13(10-16(17)21(27)29-12(2)18(22)24)11-23-19(25)14-6-4-5-7-15(14)20(23)26/h4-10,12H,3,11H2,1-2H3,(H2,22,24)/t12-/m0/s1. The first-order valence-electron chi connectivity index (χ1n) is 9.04. The first kappa shape index (κ1) is 20.1. The van der Waals surface area contributed by atoms with Gasteiger partial charge in [-0.3, -0.25) is 19.3 Å². The van der Waals surface area contributed by atoms with Crippen LogP contribution in [0.4, 0.5) is 0 Å². The molecule has 1 atom stereocenters. The maximum absolute atomic E-state index is 12.6. The Balaban J connectivity index is 1.87. The molecule has 1 heterocycles. The molecule has 0 radical (unpaired) electrons. The molecule has 0 saturated carbocycles. The van der Waals surface area contributed by atoms with E-state index in [-0.39, 0.29) is 17.9 Å². The first-order valence-corrected chi connectivity index (χ1v) is 9.04. The van der Waals surface area contributed by atoms with E-state index in [1.807, 2.05) is 0 Å². The fourth-order valence-electron chi connectivity index (χ4n) is 2.96. The van der Waals surface area contributed by atoms with Crippen LogP contribution in [-0.4, -0.2) is 41.3 Å². The van der Waals surface area contributed by atoms with Crippen molar-refractivity contribution in [2.75, 3.05) is 6.61 Å². The predicted molar refractivity (Wildman–Crippen MR) is 102 cm³/mol. The number of hydrogen-bond donors (Lipinski definition) is 1. The van der Waals surface area contributed by atoms with Crippen LogP contribution in [0.3, 0.4) is 0 Å². The largest absolute Gasteiger partial charge is 0.493 e. The van der Waals surface area contributed by atoms with Crippen molar-refractivity contribution in [3.63, 3.8) is 0 Å². The Hall–Kier alpha value is -3.68. The number of amides is 3. The van der Waals surface area contributed by atoms with Gasteiger partial charge in [-0.05, 0) is 43.7 Å². The number of fused-ring (bicyclic) bond motifs is 1. The summed E-state index contributed by atoms with van der Waals surface area (Å²) in [5.41, 5.74) is 6.44. The monoisotopic (exact) mass is 396 g/mol. The summed E-state index contributed by atoms with van der Waals surface area (Å²) in [5.74, 6) is -2.10. The molecule has 2 aromatic carbocycles. The van der Waals surface area contributed by atoms with Gasteiger partial charge in [0, 0.05) is 0 Å². The minimum absolute atomic E-state index is 0.0234. The SMILES string of the molecule is CCOc1ccc(CN2C(=O)c3ccccc3C2=O)cc1C(=O)O[C@@H](C)C(N)=O. The van der Waals surface area contributed by atoms with Gasteiger partial charge < -0.3 is 15.2 Å². The molecule has 0 aliphatic carbocycles. The van der Waals surface area contributed by atoms with Crippen molar-refractivity contribution < 1.29 is 28.7 Å². The number of ether oxygens (including phenoxy) is 2. The van der Waals surface area contributed by atoms with E-state index in [2.05, 4.69) is 0 Å². The van der Waals surface area contributed by atoms with Gasteiger partial charge >= 0.3 is 5.97 Å². The van der Waals surface area contributed by atoms with Gasteiger partial charge in [-0.15, -0.1) is 0 Å². The van der Waals surface area contributed by atoms with E-state index in [9.17, 15) is 19.2 Å². The van der Waals surface area contributed by atoms with Crippen LogP contribution < -0.4 is 10.5 Å². The zero-order chi connectivity index (χ0) is 21.1. The lowest BCUT2D eigenvalue weighted by Gasteiger charge is -2.17. The van der Waals surface area contributed by atoms with Gasteiger partial charge in [0.15, 0.2) is 6.10 Å². The number of carbonyl (C=O) groups excluding carboxylic acids is 4. The normalized spacial score (nSPS) is 13.8. The molecule has 29 heavy (non-hydrogen) atoms. The second-order valence-corrected chi connectivity index (χ2v) is 6.46. The second kappa shape index (κ2) is 8.14. The maximum Gasteiger partial charge on any atom is 0.342 e. The number of nitrogens with zero attached hydrogens (tertiary/aromatic N) is 1. The van der Waals surface area contributed by atoms with Crippen molar-refractivity contribution >= 4 is 23.7 Å². The average molecular weight is 396 g/mol. The fourth-order valence-corrected chi connectivity index (χ4v) is 2.96. The first-order chi connectivity index (χ1) is 13.8. The van der Waals surface area contributed by atoms with Crippen molar-refractivity contribution in [2.24, 2.45) is 5.73 Å². The fraction of sp³-hybridized carbons (Fsp3) is 0.238. The van der Waals surface area contributed by atoms with Crippen molar-refractivity contribution in [3.05, 3.63) is 64.7 Å². The topological polar surface area (TPSA) is 116 Å². The Kier molecular flexibility index (Phi) is 5.63. The molecular formula is C21H20N2O6. The number of hydrogen-bond acceptors (Lipinski definition) is 6. The highest BCUT2D eigenvalue weighted by Crippen LogP contribution is 2.27. The molecule has 0 saturated heterocycles. The summed E-state index contributed by atoms with van der Waals surface area (Å²) in [6.07, 6.45) is -1.11. The van der Waals surface area contributed by atoms with E-state index < -0.39 is 29.8 Å². The molecule has 150 valence electrons. The quantitative estimate of drug-likeness (QED) is 0.565. The molecule has 3 rings (SSSR count). The minimum Gasteiger partial charge on any atom is -0.493 e. The van der Waals surface area contributed by atoms with Crippen molar-refractivity contribution in [3.8, 4) is 5.75 Å². The molecule has 0 bridgehead atoms. The van der Waals surface area contributed by atoms with Crippen molar-refractivity contribution in [1.29, 1.82) is 0 Å². The number of carbonyl (C=O) groups is 4. The number of primary amides is 1. The highest BCUT2D eigenvalue weighted by atomic mass is 16.5. The summed E-state index contributed by atoms with van der Waals surface area (Å²) >= 11 is 0. The second-order valence-electron chi connectivity index (χ2n) is 6.46. The van der Waals surface area contributed by atoms with Crippen LogP contribution in [0.5, 0.6) is 5.75 Å². The van der Waals surface area contributed by atoms with Gasteiger partial charge in [0.1, 0.15) is 11.3 Å². The summed E-state index contributed by atoms with van der Waals surface area (Å²) in [6.45, 7) is 3.41. The lowest BCUT2D eigenvalue weighted by atomic mass is 10.1. The third-order valence-corrected chi connectivity index (χ3v) is 4.47. The molecule has 8 heteroatoms. The number of rotatable bonds is 7. The molecule has 2 aromatic rings. The molecule has 2 N–H and O–H groups in total. The summed E-state index contributed by atoms with van der Waals surface area (Å²) in [4.78, 5) is 49.9. The number of nitrogens with two attached hydrogens (primary N) is 1. The van der Waals surface area contributed by atoms with E-state index in [1.165, 1.54) is 13.0 Å². The Morgan fingerprint density at radius 3 is 2.24 bits per heavy atom. The molecule has 0 aromatic heterocycles. The van der Waals surface area contributed by atoms with Crippen molar-refractivity contribution in [2.45, 2.75) is 26.5 Å². The molecule has 0 spiro atoms. The van der Waals surface area contributed by atoms with Crippen LogP contribution in [0, 0.1) is 0 Å². The van der Waals surface area contributed by atoms with E-state index in [4.69, 9.17) is 15.2 Å². The molecule has 0 fully saturated rings. The van der Waals surface area contributed by atoms with Crippen LogP contribution >= 0.6 is 0 Å². The van der Waals surface area contributed by atoms with E-state index in [0.29, 0.717) is 23.3 Å². The van der Waals surface area contributed by atoms with Crippen LogP contribution in [-0.2, 0) is 16.1 Å². The third kappa shape index (κ3) is 3.96. The van der Waals surface area contributed by atoms with Gasteiger partial charge in [-0.2, -0.15) is 0 Å². The van der Waals surface area contributed by atoms with E-state index >= 15 is 0 Å². The van der Waals surface area contributed by atoms with Crippen LogP contribution in [0.1, 0.15) is 50.5 Å². The predicted octanol–water partition coefficient (Wildman–Crippen LogP) is 1.91. The van der Waals surface area contributed by atoms with Gasteiger partial charge in [-0.25, -0.2) is 4.79 Å². The molecular weight excluding hydrogens is 376 g/mol. The number of esters is 1. The Labute approximate surface area is 167 Å². The van der Waals surface area contributed by atoms with Gasteiger partial charge in [0.25, 0.3) is 17.7 Å². The number of benzene rings is 2. The van der Waals surface area contributed by atoms with Gasteiger partial charge in [0.05, 0.1) is 24.3 Å². The zero-order valence-electron chi connectivity index (χ0n) is 16.0. The molecule has 8 nitrogen and oxygen atoms in total. The average Bonchev–Trinajstić information content (AvgIpc) is 2.94. The van der Waals surface area contributed by atoms with Crippen LogP contribution in [0.25, 0.3) is 0 Å². The zero-order valence-corrected chi connectivity index (χ0v) is 16.0. The maximum atomic E-state index is 12.6. The Morgan fingerprint density at radius 1 is 1.07 bits per heavy atom. The van der Waals surface area contributed by atoms with Gasteiger partial charge in [-0.1, -0.05) is 18.2 Å². The number of imide groups is 1. The van der Waals surface area contributed by atoms with Gasteiger partial charge in [0.2, 0.25) is 0 Å². The molecule has 0 unspecified atom stereocenters. The molecule has 1 aliphatic rings.